The Kier molecular flexibility index (Phi) is 2.65. The summed E-state index contributed by atoms with van der Waals surface area (Å²) in [5.74, 6) is 0.828. The quantitative estimate of drug-likeness (QED) is 0.747. The molecule has 102 valence electrons. The Balaban J connectivity index is 1.84. The van der Waals surface area contributed by atoms with Gasteiger partial charge in [0.05, 0.1) is 5.69 Å². The molecular formula is C15H16N4S. The first-order chi connectivity index (χ1) is 9.70. The molecule has 3 aromatic rings. The highest BCUT2D eigenvalue weighted by Gasteiger charge is 2.22. The predicted molar refractivity (Wildman–Crippen MR) is 81.0 cm³/mol. The van der Waals surface area contributed by atoms with Gasteiger partial charge in [-0.2, -0.15) is 4.98 Å². The van der Waals surface area contributed by atoms with Crippen LogP contribution in [0, 0.1) is 6.92 Å². The van der Waals surface area contributed by atoms with Gasteiger partial charge in [-0.1, -0.05) is 35.1 Å². The first-order valence-corrected chi connectivity index (χ1v) is 7.70. The molecule has 1 unspecified atom stereocenters. The van der Waals surface area contributed by atoms with Gasteiger partial charge in [-0.15, -0.1) is 5.10 Å². The van der Waals surface area contributed by atoms with Gasteiger partial charge < -0.3 is 5.32 Å². The lowest BCUT2D eigenvalue weighted by Crippen LogP contribution is -2.32. The number of benzene rings is 1. The van der Waals surface area contributed by atoms with Gasteiger partial charge in [-0.05, 0) is 19.9 Å². The van der Waals surface area contributed by atoms with Crippen LogP contribution in [0.3, 0.4) is 0 Å². The summed E-state index contributed by atoms with van der Waals surface area (Å²) in [6, 6.07) is 8.87. The topological polar surface area (TPSA) is 42.2 Å². The fourth-order valence-corrected chi connectivity index (χ4v) is 3.73. The minimum Gasteiger partial charge on any atom is -0.309 e. The Bertz CT molecular complexity index is 786. The van der Waals surface area contributed by atoms with Crippen molar-refractivity contribution in [1.82, 2.24) is 19.9 Å². The average molecular weight is 284 g/mol. The molecule has 1 aromatic carbocycles. The molecule has 3 heterocycles. The molecule has 20 heavy (non-hydrogen) atoms. The van der Waals surface area contributed by atoms with E-state index < -0.39 is 0 Å². The molecule has 0 spiro atoms. The molecule has 1 aliphatic rings. The summed E-state index contributed by atoms with van der Waals surface area (Å²) in [6.07, 6.45) is 1.02. The molecule has 0 saturated carbocycles. The zero-order valence-corrected chi connectivity index (χ0v) is 12.4. The fraction of sp³-hybridized carbons (Fsp3) is 0.333. The first-order valence-electron chi connectivity index (χ1n) is 6.88. The van der Waals surface area contributed by atoms with E-state index in [2.05, 4.69) is 43.4 Å². The highest BCUT2D eigenvalue weighted by molar-refractivity contribution is 7.17. The summed E-state index contributed by atoms with van der Waals surface area (Å²) in [5, 5.41) is 8.20. The smallest absolute Gasteiger partial charge is 0.213 e. The lowest BCUT2D eigenvalue weighted by atomic mass is 10.1. The molecule has 4 rings (SSSR count). The maximum atomic E-state index is 4.72. The predicted octanol–water partition coefficient (Wildman–Crippen LogP) is 2.80. The van der Waals surface area contributed by atoms with Crippen LogP contribution in [0.4, 0.5) is 0 Å². The molecule has 0 radical (unpaired) electrons. The minimum atomic E-state index is 0.506. The minimum absolute atomic E-state index is 0.506. The van der Waals surface area contributed by atoms with Gasteiger partial charge in [0.15, 0.2) is 5.82 Å². The van der Waals surface area contributed by atoms with Crippen LogP contribution in [-0.2, 0) is 13.0 Å². The third-order valence-corrected chi connectivity index (χ3v) is 4.83. The van der Waals surface area contributed by atoms with Gasteiger partial charge in [0.1, 0.15) is 0 Å². The highest BCUT2D eigenvalue weighted by atomic mass is 32.1. The van der Waals surface area contributed by atoms with Crippen LogP contribution in [0.15, 0.2) is 24.3 Å². The molecule has 0 fully saturated rings. The van der Waals surface area contributed by atoms with Crippen molar-refractivity contribution in [2.45, 2.75) is 32.9 Å². The molecule has 0 aliphatic carbocycles. The van der Waals surface area contributed by atoms with E-state index in [4.69, 9.17) is 10.1 Å². The lowest BCUT2D eigenvalue weighted by Gasteiger charge is -2.19. The van der Waals surface area contributed by atoms with Crippen LogP contribution in [0.5, 0.6) is 0 Å². The van der Waals surface area contributed by atoms with Crippen molar-refractivity contribution >= 4 is 16.3 Å². The summed E-state index contributed by atoms with van der Waals surface area (Å²) >= 11 is 1.75. The number of hydrogen-bond acceptors (Lipinski definition) is 4. The Morgan fingerprint density at radius 2 is 2.30 bits per heavy atom. The zero-order chi connectivity index (χ0) is 13.7. The number of nitrogens with one attached hydrogen (secondary N) is 1. The van der Waals surface area contributed by atoms with Crippen LogP contribution >= 0.6 is 11.3 Å². The van der Waals surface area contributed by atoms with E-state index in [1.165, 1.54) is 16.1 Å². The monoisotopic (exact) mass is 284 g/mol. The van der Waals surface area contributed by atoms with E-state index in [9.17, 15) is 0 Å². The summed E-state index contributed by atoms with van der Waals surface area (Å²) in [7, 11) is 0. The van der Waals surface area contributed by atoms with Gasteiger partial charge in [0, 0.05) is 29.4 Å². The Hall–Kier alpha value is -1.72. The van der Waals surface area contributed by atoms with Crippen LogP contribution in [0.2, 0.25) is 0 Å². The second-order valence-electron chi connectivity index (χ2n) is 5.46. The Morgan fingerprint density at radius 1 is 1.40 bits per heavy atom. The van der Waals surface area contributed by atoms with E-state index in [-0.39, 0.29) is 0 Å². The molecule has 4 nitrogen and oxygen atoms in total. The Labute approximate surface area is 121 Å². The van der Waals surface area contributed by atoms with Crippen LogP contribution in [0.25, 0.3) is 16.3 Å². The van der Waals surface area contributed by atoms with Gasteiger partial charge in [-0.25, -0.2) is 4.52 Å². The second kappa shape index (κ2) is 4.40. The third-order valence-electron chi connectivity index (χ3n) is 3.76. The number of hydrogen-bond donors (Lipinski definition) is 1. The van der Waals surface area contributed by atoms with Crippen molar-refractivity contribution in [2.75, 3.05) is 0 Å². The Morgan fingerprint density at radius 3 is 3.15 bits per heavy atom. The van der Waals surface area contributed by atoms with Crippen molar-refractivity contribution in [3.63, 3.8) is 0 Å². The zero-order valence-electron chi connectivity index (χ0n) is 11.6. The number of thiazole rings is 1. The number of rotatable bonds is 1. The van der Waals surface area contributed by atoms with E-state index in [1.54, 1.807) is 11.3 Å². The van der Waals surface area contributed by atoms with Gasteiger partial charge in [0.2, 0.25) is 4.96 Å². The van der Waals surface area contributed by atoms with Crippen LogP contribution in [-0.4, -0.2) is 20.6 Å². The lowest BCUT2D eigenvalue weighted by molar-refractivity contribution is 0.505. The normalized spacial score (nSPS) is 18.4. The van der Waals surface area contributed by atoms with Gasteiger partial charge >= 0.3 is 0 Å². The van der Waals surface area contributed by atoms with Crippen molar-refractivity contribution in [1.29, 1.82) is 0 Å². The molecule has 2 aromatic heterocycles. The van der Waals surface area contributed by atoms with Crippen LogP contribution in [0.1, 0.15) is 23.1 Å². The molecule has 0 bridgehead atoms. The second-order valence-corrected chi connectivity index (χ2v) is 6.52. The molecule has 0 amide bonds. The molecule has 5 heteroatoms. The van der Waals surface area contributed by atoms with E-state index in [1.807, 2.05) is 4.52 Å². The summed E-state index contributed by atoms with van der Waals surface area (Å²) in [6.45, 7) is 5.24. The molecule has 1 N–H and O–H groups in total. The summed E-state index contributed by atoms with van der Waals surface area (Å²) in [5.41, 5.74) is 3.65. The van der Waals surface area contributed by atoms with E-state index in [0.29, 0.717) is 6.04 Å². The maximum absolute atomic E-state index is 4.72. The van der Waals surface area contributed by atoms with Crippen molar-refractivity contribution in [3.05, 3.63) is 40.4 Å². The van der Waals surface area contributed by atoms with Gasteiger partial charge in [0.25, 0.3) is 0 Å². The van der Waals surface area contributed by atoms with E-state index in [0.717, 1.165) is 29.3 Å². The van der Waals surface area contributed by atoms with Crippen LogP contribution < -0.4 is 5.32 Å². The van der Waals surface area contributed by atoms with E-state index >= 15 is 0 Å². The van der Waals surface area contributed by atoms with Gasteiger partial charge in [-0.3, -0.25) is 0 Å². The first kappa shape index (κ1) is 12.1. The molecular weight excluding hydrogens is 268 g/mol. The summed E-state index contributed by atoms with van der Waals surface area (Å²) < 4.78 is 2.04. The number of aromatic nitrogens is 3. The van der Waals surface area contributed by atoms with Crippen molar-refractivity contribution in [2.24, 2.45) is 0 Å². The SMILES string of the molecule is Cc1cccc(-c2nc3sc4c(n3n2)CC(C)NC4)c1. The average Bonchev–Trinajstić information content (AvgIpc) is 2.97. The number of fused-ring (bicyclic) bond motifs is 3. The van der Waals surface area contributed by atoms with Crippen molar-refractivity contribution < 1.29 is 0 Å². The largest absolute Gasteiger partial charge is 0.309 e. The fourth-order valence-electron chi connectivity index (χ4n) is 2.70. The molecule has 0 saturated heterocycles. The summed E-state index contributed by atoms with van der Waals surface area (Å²) in [4.78, 5) is 7.07. The number of nitrogens with zero attached hydrogens (tertiary/aromatic N) is 3. The van der Waals surface area contributed by atoms with Crippen molar-refractivity contribution in [3.8, 4) is 11.4 Å². The maximum Gasteiger partial charge on any atom is 0.213 e. The standard InChI is InChI=1S/C15H16N4S/c1-9-4-3-5-11(6-9)14-17-15-19(18-14)12-7-10(2)16-8-13(12)20-15/h3-6,10,16H,7-8H2,1-2H3. The molecule has 1 atom stereocenters. The number of aryl methyl sites for hydroxylation is 1. The molecule has 1 aliphatic heterocycles. The third kappa shape index (κ3) is 1.85. The highest BCUT2D eigenvalue weighted by Crippen LogP contribution is 2.28.